The largest absolute Gasteiger partial charge is 0.458 e. The highest BCUT2D eigenvalue weighted by atomic mass is 16.6. The molecule has 0 aliphatic carbocycles. The van der Waals surface area contributed by atoms with Crippen molar-refractivity contribution < 1.29 is 34.4 Å². The molecule has 0 fully saturated rings. The molecule has 0 heterocycles. The normalized spacial score (nSPS) is 10.7. The molecule has 0 rings (SSSR count). The van der Waals surface area contributed by atoms with Gasteiger partial charge in [-0.05, 0) is 13.8 Å². The van der Waals surface area contributed by atoms with E-state index in [4.69, 9.17) is 24.8 Å². The fourth-order valence-electron chi connectivity index (χ4n) is 0.668. The standard InChI is InChI=1S/C11H16O5.C2H6O2/c1-7(2)10(13)15-6-9(5-12)16-11(14)8(3)4;3-1-2-4/h9,12H,1,3,5-6H2,2,4H3;3-4H,1-2H2. The van der Waals surface area contributed by atoms with Crippen LogP contribution in [0.3, 0.4) is 0 Å². The molecule has 0 aromatic carbocycles. The average molecular weight is 290 g/mol. The molecule has 0 saturated heterocycles. The second kappa shape index (κ2) is 12.3. The summed E-state index contributed by atoms with van der Waals surface area (Å²) >= 11 is 0. The van der Waals surface area contributed by atoms with E-state index in [-0.39, 0.29) is 31.0 Å². The van der Waals surface area contributed by atoms with E-state index in [0.29, 0.717) is 0 Å². The lowest BCUT2D eigenvalue weighted by atomic mass is 10.3. The predicted molar refractivity (Wildman–Crippen MR) is 71.7 cm³/mol. The third-order valence-electron chi connectivity index (χ3n) is 1.67. The zero-order chi connectivity index (χ0) is 16.1. The van der Waals surface area contributed by atoms with Crippen molar-refractivity contribution in [2.45, 2.75) is 20.0 Å². The Hall–Kier alpha value is -1.70. The summed E-state index contributed by atoms with van der Waals surface area (Å²) in [7, 11) is 0. The van der Waals surface area contributed by atoms with Crippen molar-refractivity contribution in [3.63, 3.8) is 0 Å². The van der Waals surface area contributed by atoms with Crippen molar-refractivity contribution in [3.05, 3.63) is 24.3 Å². The summed E-state index contributed by atoms with van der Waals surface area (Å²) in [5.74, 6) is -1.23. The number of carbonyl (C=O) groups is 2. The smallest absolute Gasteiger partial charge is 0.333 e. The van der Waals surface area contributed by atoms with Gasteiger partial charge in [-0.1, -0.05) is 13.2 Å². The van der Waals surface area contributed by atoms with Crippen LogP contribution in [0.15, 0.2) is 24.3 Å². The molecule has 7 heteroatoms. The lowest BCUT2D eigenvalue weighted by Gasteiger charge is -2.15. The minimum Gasteiger partial charge on any atom is -0.458 e. The molecule has 0 saturated carbocycles. The van der Waals surface area contributed by atoms with Crippen LogP contribution in [0.4, 0.5) is 0 Å². The van der Waals surface area contributed by atoms with Gasteiger partial charge in [0.15, 0.2) is 6.10 Å². The number of hydrogen-bond donors (Lipinski definition) is 3. The second-order valence-corrected chi connectivity index (χ2v) is 3.82. The summed E-state index contributed by atoms with van der Waals surface area (Å²) < 4.78 is 9.53. The van der Waals surface area contributed by atoms with Crippen molar-refractivity contribution in [2.75, 3.05) is 26.4 Å². The summed E-state index contributed by atoms with van der Waals surface area (Å²) in [5.41, 5.74) is 0.451. The number of ether oxygens (including phenoxy) is 2. The molecule has 1 atom stereocenters. The van der Waals surface area contributed by atoms with Crippen molar-refractivity contribution in [2.24, 2.45) is 0 Å². The second-order valence-electron chi connectivity index (χ2n) is 3.82. The van der Waals surface area contributed by atoms with Crippen molar-refractivity contribution in [1.82, 2.24) is 0 Å². The summed E-state index contributed by atoms with van der Waals surface area (Å²) in [5, 5.41) is 24.1. The van der Waals surface area contributed by atoms with Gasteiger partial charge in [-0.3, -0.25) is 0 Å². The van der Waals surface area contributed by atoms with Crippen LogP contribution in [0.2, 0.25) is 0 Å². The molecule has 0 aliphatic rings. The van der Waals surface area contributed by atoms with E-state index in [9.17, 15) is 9.59 Å². The van der Waals surface area contributed by atoms with Crippen LogP contribution in [0.25, 0.3) is 0 Å². The molecule has 1 unspecified atom stereocenters. The quantitative estimate of drug-likeness (QED) is 0.430. The van der Waals surface area contributed by atoms with Crippen LogP contribution >= 0.6 is 0 Å². The fraction of sp³-hybridized carbons (Fsp3) is 0.538. The summed E-state index contributed by atoms with van der Waals surface area (Å²) in [6, 6.07) is 0. The SMILES string of the molecule is C=C(C)C(=O)OCC(CO)OC(=O)C(=C)C.OCCO. The van der Waals surface area contributed by atoms with E-state index in [1.807, 2.05) is 0 Å². The molecule has 20 heavy (non-hydrogen) atoms. The van der Waals surface area contributed by atoms with E-state index in [0.717, 1.165) is 0 Å². The number of rotatable bonds is 7. The van der Waals surface area contributed by atoms with Gasteiger partial charge < -0.3 is 24.8 Å². The Morgan fingerprint density at radius 1 is 1.00 bits per heavy atom. The Balaban J connectivity index is 0. The van der Waals surface area contributed by atoms with E-state index in [1.54, 1.807) is 0 Å². The van der Waals surface area contributed by atoms with Crippen LogP contribution in [-0.2, 0) is 19.1 Å². The first kappa shape index (κ1) is 20.6. The number of esters is 2. The van der Waals surface area contributed by atoms with Crippen molar-refractivity contribution in [1.29, 1.82) is 0 Å². The van der Waals surface area contributed by atoms with Gasteiger partial charge >= 0.3 is 11.9 Å². The van der Waals surface area contributed by atoms with E-state index < -0.39 is 24.6 Å². The molecule has 0 aliphatic heterocycles. The molecule has 0 radical (unpaired) electrons. The highest BCUT2D eigenvalue weighted by Gasteiger charge is 2.16. The Labute approximate surface area is 118 Å². The predicted octanol–water partition coefficient (Wildman–Crippen LogP) is -0.443. The maximum Gasteiger partial charge on any atom is 0.333 e. The third-order valence-corrected chi connectivity index (χ3v) is 1.67. The van der Waals surface area contributed by atoms with Crippen LogP contribution in [0.1, 0.15) is 13.8 Å². The van der Waals surface area contributed by atoms with Crippen LogP contribution in [0, 0.1) is 0 Å². The molecular weight excluding hydrogens is 268 g/mol. The van der Waals surface area contributed by atoms with Gasteiger partial charge in [0.2, 0.25) is 0 Å². The van der Waals surface area contributed by atoms with Crippen LogP contribution in [-0.4, -0.2) is 59.8 Å². The molecule has 0 aromatic rings. The lowest BCUT2D eigenvalue weighted by molar-refractivity contribution is -0.156. The first-order chi connectivity index (χ1) is 9.29. The highest BCUT2D eigenvalue weighted by Crippen LogP contribution is 2.01. The van der Waals surface area contributed by atoms with Crippen molar-refractivity contribution in [3.8, 4) is 0 Å². The zero-order valence-corrected chi connectivity index (χ0v) is 11.8. The van der Waals surface area contributed by atoms with E-state index in [2.05, 4.69) is 13.2 Å². The van der Waals surface area contributed by atoms with Gasteiger partial charge in [-0.15, -0.1) is 0 Å². The van der Waals surface area contributed by atoms with Crippen LogP contribution < -0.4 is 0 Å². The molecule has 0 bridgehead atoms. The van der Waals surface area contributed by atoms with Gasteiger partial charge in [0.25, 0.3) is 0 Å². The minimum absolute atomic E-state index is 0.125. The monoisotopic (exact) mass is 290 g/mol. The first-order valence-electron chi connectivity index (χ1n) is 5.81. The maximum absolute atomic E-state index is 11.1. The highest BCUT2D eigenvalue weighted by molar-refractivity contribution is 5.87. The molecule has 0 aromatic heterocycles. The van der Waals surface area contributed by atoms with Gasteiger partial charge in [0.05, 0.1) is 19.8 Å². The molecule has 3 N–H and O–H groups in total. The Kier molecular flexibility index (Phi) is 12.7. The van der Waals surface area contributed by atoms with E-state index >= 15 is 0 Å². The molecular formula is C13H22O7. The maximum atomic E-state index is 11.1. The molecule has 0 amide bonds. The van der Waals surface area contributed by atoms with Gasteiger partial charge in [0, 0.05) is 11.1 Å². The first-order valence-corrected chi connectivity index (χ1v) is 5.81. The van der Waals surface area contributed by atoms with Gasteiger partial charge in [0.1, 0.15) is 6.61 Å². The molecule has 116 valence electrons. The number of aliphatic hydroxyl groups is 3. The summed E-state index contributed by atoms with van der Waals surface area (Å²) in [4.78, 5) is 22.1. The minimum atomic E-state index is -0.882. The fourth-order valence-corrected chi connectivity index (χ4v) is 0.668. The zero-order valence-electron chi connectivity index (χ0n) is 11.8. The van der Waals surface area contributed by atoms with E-state index in [1.165, 1.54) is 13.8 Å². The number of hydrogen-bond acceptors (Lipinski definition) is 7. The molecule has 0 spiro atoms. The number of aliphatic hydroxyl groups excluding tert-OH is 3. The van der Waals surface area contributed by atoms with Gasteiger partial charge in [-0.25, -0.2) is 9.59 Å². The number of carbonyl (C=O) groups excluding carboxylic acids is 2. The Morgan fingerprint density at radius 3 is 1.75 bits per heavy atom. The Morgan fingerprint density at radius 2 is 1.45 bits per heavy atom. The Bertz CT molecular complexity index is 334. The third kappa shape index (κ3) is 11.4. The molecule has 7 nitrogen and oxygen atoms in total. The van der Waals surface area contributed by atoms with Crippen molar-refractivity contribution >= 4 is 11.9 Å². The van der Waals surface area contributed by atoms with Gasteiger partial charge in [-0.2, -0.15) is 0 Å². The lowest BCUT2D eigenvalue weighted by Crippen LogP contribution is -2.28. The summed E-state index contributed by atoms with van der Waals surface area (Å²) in [6.45, 7) is 8.87. The average Bonchev–Trinajstić information content (AvgIpc) is 2.42. The topological polar surface area (TPSA) is 113 Å². The summed E-state index contributed by atoms with van der Waals surface area (Å²) in [6.07, 6.45) is -0.882. The van der Waals surface area contributed by atoms with Crippen LogP contribution in [0.5, 0.6) is 0 Å².